The molecule has 0 saturated heterocycles. The van der Waals surface area contributed by atoms with Gasteiger partial charge in [0.25, 0.3) is 0 Å². The Bertz CT molecular complexity index is 1180. The Morgan fingerprint density at radius 2 is 1.74 bits per heavy atom. The normalized spacial score (nSPS) is 40.6. The number of rotatable bonds is 9. The highest BCUT2D eigenvalue weighted by atomic mass is 32.3. The number of aliphatic hydroxyl groups is 1. The molecule has 11 heteroatoms. The summed E-state index contributed by atoms with van der Waals surface area (Å²) in [7, 11) is -9.49. The Kier molecular flexibility index (Phi) is 8.87. The van der Waals surface area contributed by atoms with E-state index in [2.05, 4.69) is 37.1 Å². The molecule has 0 unspecified atom stereocenters. The van der Waals surface area contributed by atoms with Crippen LogP contribution < -0.4 is 0 Å². The Labute approximate surface area is 234 Å². The molecule has 9 nitrogen and oxygen atoms in total. The molecule has 0 spiro atoms. The van der Waals surface area contributed by atoms with Gasteiger partial charge in [0, 0.05) is 5.92 Å². The average molecular weight is 589 g/mol. The lowest BCUT2D eigenvalue weighted by Gasteiger charge is -2.60. The van der Waals surface area contributed by atoms with Crippen molar-refractivity contribution in [3.05, 3.63) is 23.8 Å². The van der Waals surface area contributed by atoms with E-state index in [0.29, 0.717) is 31.1 Å². The molecular weight excluding hydrogens is 544 g/mol. The highest BCUT2D eigenvalue weighted by molar-refractivity contribution is 7.81. The minimum atomic E-state index is -4.75. The third-order valence-electron chi connectivity index (χ3n) is 11.0. The predicted octanol–water partition coefficient (Wildman–Crippen LogP) is 4.32. The van der Waals surface area contributed by atoms with E-state index < -0.39 is 33.0 Å². The Balaban J connectivity index is 1.51. The van der Waals surface area contributed by atoms with Crippen molar-refractivity contribution in [1.82, 2.24) is 0 Å². The van der Waals surface area contributed by atoms with Crippen LogP contribution in [0, 0.1) is 52.3 Å². The molecule has 0 bridgehead atoms. The monoisotopic (exact) mass is 588 g/mol. The molecule has 3 saturated carbocycles. The van der Waals surface area contributed by atoms with Crippen molar-refractivity contribution in [3.63, 3.8) is 0 Å². The second kappa shape index (κ2) is 11.1. The summed E-state index contributed by atoms with van der Waals surface area (Å²) in [5.74, 6) is 1.37. The van der Waals surface area contributed by atoms with Gasteiger partial charge in [-0.2, -0.15) is 0 Å². The van der Waals surface area contributed by atoms with Crippen molar-refractivity contribution in [2.45, 2.75) is 91.8 Å². The van der Waals surface area contributed by atoms with E-state index in [1.807, 2.05) is 19.9 Å². The predicted molar refractivity (Wildman–Crippen MR) is 143 cm³/mol. The van der Waals surface area contributed by atoms with Gasteiger partial charge < -0.3 is 14.2 Å². The fourth-order valence-corrected chi connectivity index (χ4v) is 9.64. The lowest BCUT2D eigenvalue weighted by atomic mass is 9.46. The summed E-state index contributed by atoms with van der Waals surface area (Å²) >= 11 is 0. The number of fused-ring (bicyclic) bond motifs is 5. The summed E-state index contributed by atoms with van der Waals surface area (Å²) in [6, 6.07) is 0. The van der Waals surface area contributed by atoms with Crippen LogP contribution in [0.5, 0.6) is 0 Å². The number of allylic oxidation sites excluding steroid dienone is 2. The van der Waals surface area contributed by atoms with E-state index in [0.717, 1.165) is 31.3 Å². The summed E-state index contributed by atoms with van der Waals surface area (Å²) in [4.78, 5) is 0. The van der Waals surface area contributed by atoms with Gasteiger partial charge in [-0.15, -0.1) is 0 Å². The number of hydrogen-bond acceptors (Lipinski definition) is 9. The van der Waals surface area contributed by atoms with Gasteiger partial charge in [-0.25, -0.2) is 16.8 Å². The average Bonchev–Trinajstić information content (AvgIpc) is 3.17. The zero-order valence-corrected chi connectivity index (χ0v) is 25.2. The van der Waals surface area contributed by atoms with E-state index in [4.69, 9.17) is 4.18 Å². The first-order valence-corrected chi connectivity index (χ1v) is 16.9. The summed E-state index contributed by atoms with van der Waals surface area (Å²) in [5.41, 5.74) is 0.756. The Hall–Kier alpha value is -0.820. The second-order valence-corrected chi connectivity index (χ2v) is 15.3. The van der Waals surface area contributed by atoms with Crippen LogP contribution in [-0.2, 0) is 29.2 Å². The summed E-state index contributed by atoms with van der Waals surface area (Å²) < 4.78 is 75.7. The van der Waals surface area contributed by atoms with Crippen molar-refractivity contribution in [2.24, 2.45) is 52.3 Å². The molecule has 0 radical (unpaired) electrons. The van der Waals surface area contributed by atoms with Crippen LogP contribution in [0.4, 0.5) is 0 Å². The molecule has 4 aliphatic rings. The first-order chi connectivity index (χ1) is 18.0. The minimum Gasteiger partial charge on any atom is -0.726 e. The fourth-order valence-electron chi connectivity index (χ4n) is 8.82. The smallest absolute Gasteiger partial charge is 0.217 e. The number of hydrogen-bond donors (Lipinski definition) is 1. The van der Waals surface area contributed by atoms with E-state index >= 15 is 0 Å². The first kappa shape index (κ1) is 31.1. The molecule has 39 heavy (non-hydrogen) atoms. The molecule has 0 aromatic heterocycles. The van der Waals surface area contributed by atoms with Crippen LogP contribution in [0.25, 0.3) is 0 Å². The lowest BCUT2D eigenvalue weighted by molar-refractivity contribution is -0.133. The van der Waals surface area contributed by atoms with Gasteiger partial charge in [-0.1, -0.05) is 58.4 Å². The van der Waals surface area contributed by atoms with Crippen molar-refractivity contribution < 1.29 is 39.4 Å². The maximum Gasteiger partial charge on any atom is 0.217 e. The van der Waals surface area contributed by atoms with Crippen molar-refractivity contribution in [2.75, 3.05) is 6.61 Å². The largest absolute Gasteiger partial charge is 0.726 e. The summed E-state index contributed by atoms with van der Waals surface area (Å²) in [5, 5.41) is 11.7. The standard InChI is InChI=1S/C28H46O9S2/c1-17(2)19(16-36-38(30,31)32)7-6-18(3)23-10-11-24-22-9-8-20-14-21(37-39(33,34)35)12-13-27(20,4)25(22)15-26(29)28(23,24)5/h6-8,17-19,21-26,29H,9-16H2,1-5H3,(H,30,31,32)(H,33,34,35)/p-2/b7-6+/t18-,19+,21+,22+,23-,24+,25+,26+,27+,28-/m1/s1. The molecule has 0 aliphatic heterocycles. The first-order valence-electron chi connectivity index (χ1n) is 14.3. The molecule has 0 heterocycles. The molecule has 10 atom stereocenters. The SMILES string of the molecule is CC(C)[C@@H](/C=C/[C@@H](C)[C@H]1CC[C@H]2[C@@H]3CC=C4C[C@@H](OS(=O)(=O)[O-])CC[C@]4(C)[C@H]3C[C@H](O)[C@]12C)COS(=O)(=O)[O-]. The van der Waals surface area contributed by atoms with Gasteiger partial charge in [0.2, 0.25) is 20.8 Å². The number of aliphatic hydroxyl groups excluding tert-OH is 1. The van der Waals surface area contributed by atoms with Gasteiger partial charge in [-0.3, -0.25) is 8.37 Å². The molecule has 3 fully saturated rings. The summed E-state index contributed by atoms with van der Waals surface area (Å²) in [6.45, 7) is 10.4. The van der Waals surface area contributed by atoms with Crippen LogP contribution >= 0.6 is 0 Å². The van der Waals surface area contributed by atoms with Crippen LogP contribution in [0.1, 0.15) is 79.6 Å². The highest BCUT2D eigenvalue weighted by Gasteiger charge is 2.62. The molecule has 4 aliphatic carbocycles. The molecule has 0 amide bonds. The molecular formula is C28H44O9S2-2. The fraction of sp³-hybridized carbons (Fsp3) is 0.857. The second-order valence-electron chi connectivity index (χ2n) is 13.3. The maximum absolute atomic E-state index is 11.7. The van der Waals surface area contributed by atoms with Gasteiger partial charge >= 0.3 is 0 Å². The molecule has 1 N–H and O–H groups in total. The topological polar surface area (TPSA) is 153 Å². The van der Waals surface area contributed by atoms with E-state index in [-0.39, 0.29) is 47.0 Å². The van der Waals surface area contributed by atoms with Gasteiger partial charge in [-0.05, 0) is 91.3 Å². The lowest BCUT2D eigenvalue weighted by Crippen LogP contribution is -2.56. The van der Waals surface area contributed by atoms with E-state index in [1.54, 1.807) is 0 Å². The van der Waals surface area contributed by atoms with Crippen LogP contribution in [0.3, 0.4) is 0 Å². The van der Waals surface area contributed by atoms with Gasteiger partial charge in [0.05, 0.1) is 18.8 Å². The third-order valence-corrected chi connectivity index (χ3v) is 12.0. The zero-order valence-electron chi connectivity index (χ0n) is 23.6. The Morgan fingerprint density at radius 3 is 2.36 bits per heavy atom. The Morgan fingerprint density at radius 1 is 1.05 bits per heavy atom. The third kappa shape index (κ3) is 6.34. The van der Waals surface area contributed by atoms with E-state index in [1.165, 1.54) is 0 Å². The molecule has 224 valence electrons. The van der Waals surface area contributed by atoms with Gasteiger partial charge in [0.15, 0.2) is 0 Å². The van der Waals surface area contributed by atoms with E-state index in [9.17, 15) is 31.0 Å². The molecule has 0 aromatic carbocycles. The zero-order chi connectivity index (χ0) is 29.0. The van der Waals surface area contributed by atoms with Crippen molar-refractivity contribution in [1.29, 1.82) is 0 Å². The quantitative estimate of drug-likeness (QED) is 0.236. The van der Waals surface area contributed by atoms with Crippen LogP contribution in [-0.4, -0.2) is 49.9 Å². The van der Waals surface area contributed by atoms with Gasteiger partial charge in [0.1, 0.15) is 0 Å². The van der Waals surface area contributed by atoms with Crippen LogP contribution in [0.15, 0.2) is 23.8 Å². The minimum absolute atomic E-state index is 0.0985. The van der Waals surface area contributed by atoms with Crippen LogP contribution in [0.2, 0.25) is 0 Å². The summed E-state index contributed by atoms with van der Waals surface area (Å²) in [6.07, 6.45) is 10.5. The van der Waals surface area contributed by atoms with Crippen molar-refractivity contribution >= 4 is 20.8 Å². The molecule has 0 aromatic rings. The van der Waals surface area contributed by atoms with Crippen molar-refractivity contribution in [3.8, 4) is 0 Å². The maximum atomic E-state index is 11.7. The highest BCUT2D eigenvalue weighted by Crippen LogP contribution is 2.67. The molecule has 4 rings (SSSR count).